The quantitative estimate of drug-likeness (QED) is 0.299. The van der Waals surface area contributed by atoms with E-state index in [4.69, 9.17) is 13.9 Å². The summed E-state index contributed by atoms with van der Waals surface area (Å²) in [5, 5.41) is 1.91. The van der Waals surface area contributed by atoms with Crippen molar-refractivity contribution < 1.29 is 23.4 Å². The van der Waals surface area contributed by atoms with E-state index < -0.39 is 51.9 Å². The number of aryl methyl sites for hydroxylation is 1. The third-order valence-electron chi connectivity index (χ3n) is 7.43. The Hall–Kier alpha value is -2.72. The Kier molecular flexibility index (Phi) is 8.85. The number of ether oxygens (including phenoxy) is 2. The maximum atomic E-state index is 12.7. The van der Waals surface area contributed by atoms with Gasteiger partial charge in [0, 0.05) is 18.9 Å². The third kappa shape index (κ3) is 5.77. The lowest BCUT2D eigenvalue weighted by Crippen LogP contribution is -2.67. The molecule has 2 aromatic carbocycles. The first-order valence-corrected chi connectivity index (χ1v) is 16.2. The van der Waals surface area contributed by atoms with Crippen molar-refractivity contribution in [2.24, 2.45) is 5.92 Å². The standard InChI is InChI=1S/C28H35N2O7PSi/c1-19-16-30(27(32)29-25(19)31)26-24(35-5)22(18-38(33)34)23(37-26)17-36-39(28(2,3)4,20-12-8-6-9-13-20)21-14-10-7-11-15-21/h6-16,22-24,26H,17-18H2,1-5H3,(H-,29,31,32,33,34)/p+1/t22-,23?,24-,26?/m1/s1. The summed E-state index contributed by atoms with van der Waals surface area (Å²) in [5.41, 5.74) is -0.784. The van der Waals surface area contributed by atoms with E-state index >= 15 is 0 Å². The highest BCUT2D eigenvalue weighted by Gasteiger charge is 2.54. The molecule has 1 aliphatic rings. The van der Waals surface area contributed by atoms with Gasteiger partial charge in [0.1, 0.15) is 6.10 Å². The van der Waals surface area contributed by atoms with E-state index in [9.17, 15) is 19.0 Å². The molecule has 3 aromatic rings. The highest BCUT2D eigenvalue weighted by atomic mass is 31.1. The second kappa shape index (κ2) is 11.8. The zero-order valence-corrected chi connectivity index (χ0v) is 24.8. The van der Waals surface area contributed by atoms with Crippen LogP contribution in [0.5, 0.6) is 0 Å². The van der Waals surface area contributed by atoms with Crippen LogP contribution in [0.2, 0.25) is 5.04 Å². The minimum atomic E-state index is -2.92. The van der Waals surface area contributed by atoms with Gasteiger partial charge in [0.05, 0.1) is 18.6 Å². The fourth-order valence-corrected chi connectivity index (χ4v) is 11.0. The van der Waals surface area contributed by atoms with E-state index in [1.54, 1.807) is 6.92 Å². The predicted octanol–water partition coefficient (Wildman–Crippen LogP) is 2.68. The molecule has 2 heterocycles. The molecule has 4 rings (SSSR count). The number of nitrogens with one attached hydrogen (secondary N) is 1. The van der Waals surface area contributed by atoms with E-state index in [0.717, 1.165) is 10.4 Å². The fraction of sp³-hybridized carbons (Fsp3) is 0.429. The van der Waals surface area contributed by atoms with Gasteiger partial charge in [0.15, 0.2) is 12.4 Å². The maximum absolute atomic E-state index is 12.7. The van der Waals surface area contributed by atoms with Gasteiger partial charge in [-0.05, 0) is 26.9 Å². The van der Waals surface area contributed by atoms with Crippen molar-refractivity contribution in [3.8, 4) is 0 Å². The monoisotopic (exact) mass is 571 g/mol. The molecule has 39 heavy (non-hydrogen) atoms. The maximum Gasteiger partial charge on any atom is 0.505 e. The first-order chi connectivity index (χ1) is 18.5. The van der Waals surface area contributed by atoms with Crippen molar-refractivity contribution in [3.05, 3.63) is 93.3 Å². The molecule has 208 valence electrons. The van der Waals surface area contributed by atoms with E-state index in [1.807, 2.05) is 36.4 Å². The zero-order chi connectivity index (χ0) is 28.4. The number of rotatable bonds is 9. The number of benzene rings is 2. The van der Waals surface area contributed by atoms with Gasteiger partial charge in [-0.1, -0.05) is 81.4 Å². The first-order valence-electron chi connectivity index (χ1n) is 12.9. The van der Waals surface area contributed by atoms with Gasteiger partial charge >= 0.3 is 13.7 Å². The van der Waals surface area contributed by atoms with Crippen LogP contribution < -0.4 is 21.6 Å². The van der Waals surface area contributed by atoms with Crippen LogP contribution in [-0.4, -0.2) is 54.8 Å². The van der Waals surface area contributed by atoms with Crippen molar-refractivity contribution in [1.82, 2.24) is 9.55 Å². The van der Waals surface area contributed by atoms with Crippen LogP contribution in [0.4, 0.5) is 0 Å². The molecule has 1 aromatic heterocycles. The molecular weight excluding hydrogens is 535 g/mol. The summed E-state index contributed by atoms with van der Waals surface area (Å²) >= 11 is 0. The Morgan fingerprint density at radius 2 is 1.62 bits per heavy atom. The van der Waals surface area contributed by atoms with Gasteiger partial charge in [-0.15, -0.1) is 0 Å². The molecule has 0 bridgehead atoms. The first kappa shape index (κ1) is 29.3. The normalized spacial score (nSPS) is 22.2. The Morgan fingerprint density at radius 1 is 1.05 bits per heavy atom. The molecule has 9 nitrogen and oxygen atoms in total. The molecule has 0 amide bonds. The predicted molar refractivity (Wildman–Crippen MR) is 153 cm³/mol. The Morgan fingerprint density at radius 3 is 2.10 bits per heavy atom. The largest absolute Gasteiger partial charge is 0.505 e. The van der Waals surface area contributed by atoms with Gasteiger partial charge in [-0.25, -0.2) is 4.79 Å². The van der Waals surface area contributed by atoms with E-state index in [-0.39, 0.29) is 17.8 Å². The van der Waals surface area contributed by atoms with Gasteiger partial charge < -0.3 is 13.9 Å². The van der Waals surface area contributed by atoms with Crippen LogP contribution in [0.1, 0.15) is 32.6 Å². The van der Waals surface area contributed by atoms with Crippen LogP contribution >= 0.6 is 8.03 Å². The summed E-state index contributed by atoms with van der Waals surface area (Å²) in [6, 6.07) is 20.3. The molecule has 0 aliphatic carbocycles. The SMILES string of the molecule is CO[C@H]1C(n2cc(C)c(=O)[nH]c2=O)OC(CO[Si](c2ccccc2)(c2ccccc2)C(C)(C)C)[C@H]1C[P+](=O)O. The Balaban J connectivity index is 1.77. The van der Waals surface area contributed by atoms with Gasteiger partial charge in [-0.2, -0.15) is 4.89 Å². The zero-order valence-electron chi connectivity index (χ0n) is 22.9. The number of hydrogen-bond acceptors (Lipinski definition) is 6. The van der Waals surface area contributed by atoms with E-state index in [2.05, 4.69) is 50.0 Å². The van der Waals surface area contributed by atoms with E-state index in [0.29, 0.717) is 5.56 Å². The molecule has 3 unspecified atom stereocenters. The summed E-state index contributed by atoms with van der Waals surface area (Å²) in [5.74, 6) is -0.536. The number of methoxy groups -OCH3 is 1. The van der Waals surface area contributed by atoms with Crippen molar-refractivity contribution in [1.29, 1.82) is 0 Å². The fourth-order valence-electron chi connectivity index (χ4n) is 5.60. The van der Waals surface area contributed by atoms with Crippen molar-refractivity contribution in [3.63, 3.8) is 0 Å². The number of nitrogens with zero attached hydrogens (tertiary/aromatic N) is 1. The minimum Gasteiger partial charge on any atom is -0.405 e. The summed E-state index contributed by atoms with van der Waals surface area (Å²) in [7, 11) is -3.97. The van der Waals surface area contributed by atoms with Crippen LogP contribution in [0, 0.1) is 12.8 Å². The Bertz CT molecular complexity index is 1370. The van der Waals surface area contributed by atoms with Crippen LogP contribution in [0.15, 0.2) is 76.4 Å². The lowest BCUT2D eigenvalue weighted by Gasteiger charge is -2.43. The highest BCUT2D eigenvalue weighted by molar-refractivity contribution is 7.38. The smallest absolute Gasteiger partial charge is 0.405 e. The lowest BCUT2D eigenvalue weighted by molar-refractivity contribution is -0.0611. The van der Waals surface area contributed by atoms with Crippen molar-refractivity contribution in [2.75, 3.05) is 19.9 Å². The molecular formula is C28H36N2O7PSi+. The summed E-state index contributed by atoms with van der Waals surface area (Å²) in [4.78, 5) is 36.9. The summed E-state index contributed by atoms with van der Waals surface area (Å²) in [6.45, 7) is 8.21. The average molecular weight is 572 g/mol. The summed E-state index contributed by atoms with van der Waals surface area (Å²) in [6.07, 6.45) is -0.931. The van der Waals surface area contributed by atoms with Crippen LogP contribution in [-0.2, 0) is 18.5 Å². The average Bonchev–Trinajstić information content (AvgIpc) is 3.23. The molecule has 1 saturated heterocycles. The van der Waals surface area contributed by atoms with Gasteiger partial charge in [-0.3, -0.25) is 14.3 Å². The molecule has 1 aliphatic heterocycles. The third-order valence-corrected chi connectivity index (χ3v) is 13.2. The molecule has 1 fully saturated rings. The number of hydrogen-bond donors (Lipinski definition) is 2. The Labute approximate surface area is 229 Å². The van der Waals surface area contributed by atoms with Crippen LogP contribution in [0.3, 0.4) is 0 Å². The molecule has 0 saturated carbocycles. The highest BCUT2D eigenvalue weighted by Crippen LogP contribution is 2.42. The van der Waals surface area contributed by atoms with Crippen molar-refractivity contribution >= 4 is 26.7 Å². The number of aromatic amines is 1. The topological polar surface area (TPSA) is 120 Å². The molecule has 0 spiro atoms. The second-order valence-corrected chi connectivity index (χ2v) is 16.3. The lowest BCUT2D eigenvalue weighted by atomic mass is 10.0. The van der Waals surface area contributed by atoms with Gasteiger partial charge in [0.25, 0.3) is 13.9 Å². The van der Waals surface area contributed by atoms with Crippen molar-refractivity contribution in [2.45, 2.75) is 51.2 Å². The second-order valence-electron chi connectivity index (χ2n) is 10.9. The molecule has 5 atom stereocenters. The molecule has 0 radical (unpaired) electrons. The summed E-state index contributed by atoms with van der Waals surface area (Å²) < 4.78 is 32.5. The minimum absolute atomic E-state index is 0.0871. The number of H-pyrrole nitrogens is 1. The molecule has 11 heteroatoms. The van der Waals surface area contributed by atoms with Gasteiger partial charge in [0.2, 0.25) is 0 Å². The van der Waals surface area contributed by atoms with E-state index in [1.165, 1.54) is 17.9 Å². The van der Waals surface area contributed by atoms with Crippen LogP contribution in [0.25, 0.3) is 0 Å². The molecule has 2 N–H and O–H groups in total. The number of aromatic nitrogens is 2.